The van der Waals surface area contributed by atoms with Crippen molar-refractivity contribution >= 4 is 17.8 Å². The summed E-state index contributed by atoms with van der Waals surface area (Å²) in [6, 6.07) is 2.45. The van der Waals surface area contributed by atoms with Crippen molar-refractivity contribution in [2.75, 3.05) is 7.11 Å². The predicted molar refractivity (Wildman–Crippen MR) is 73.5 cm³/mol. The Kier molecular flexibility index (Phi) is 6.32. The third-order valence-electron chi connectivity index (χ3n) is 2.94. The van der Waals surface area contributed by atoms with Crippen LogP contribution >= 0.6 is 0 Å². The number of aryl methyl sites for hydroxylation is 1. The van der Waals surface area contributed by atoms with Gasteiger partial charge in [0.05, 0.1) is 19.2 Å². The zero-order valence-corrected chi connectivity index (χ0v) is 12.0. The van der Waals surface area contributed by atoms with Gasteiger partial charge in [0, 0.05) is 12.6 Å². The number of aliphatic carboxylic acids is 1. The van der Waals surface area contributed by atoms with Gasteiger partial charge in [-0.25, -0.2) is 4.79 Å². The zero-order valence-electron chi connectivity index (χ0n) is 12.0. The van der Waals surface area contributed by atoms with Gasteiger partial charge in [-0.3, -0.25) is 14.6 Å². The summed E-state index contributed by atoms with van der Waals surface area (Å²) in [5.74, 6) is -2.16. The first kappa shape index (κ1) is 16.6. The summed E-state index contributed by atoms with van der Waals surface area (Å²) >= 11 is 0. The summed E-state index contributed by atoms with van der Waals surface area (Å²) in [6.07, 6.45) is 1.47. The fourth-order valence-electron chi connectivity index (χ4n) is 1.72. The molecule has 114 valence electrons. The molecule has 1 heterocycles. The van der Waals surface area contributed by atoms with Crippen molar-refractivity contribution in [3.63, 3.8) is 0 Å². The molecule has 0 saturated heterocycles. The molecule has 7 heteroatoms. The lowest BCUT2D eigenvalue weighted by Gasteiger charge is -2.14. The molecule has 0 unspecified atom stereocenters. The van der Waals surface area contributed by atoms with E-state index in [1.807, 2.05) is 13.0 Å². The van der Waals surface area contributed by atoms with E-state index in [1.165, 1.54) is 7.11 Å². The molecule has 0 spiro atoms. The van der Waals surface area contributed by atoms with Crippen molar-refractivity contribution in [2.45, 2.75) is 32.2 Å². The minimum atomic E-state index is -1.19. The quantitative estimate of drug-likeness (QED) is 0.707. The molecule has 1 rings (SSSR count). The number of carbonyl (C=O) groups excluding carboxylic acids is 2. The molecule has 0 aromatic carbocycles. The van der Waals surface area contributed by atoms with E-state index >= 15 is 0 Å². The molecule has 0 aliphatic heterocycles. The number of ether oxygens (including phenoxy) is 1. The first-order valence-electron chi connectivity index (χ1n) is 6.43. The Morgan fingerprint density at radius 2 is 2.14 bits per heavy atom. The highest BCUT2D eigenvalue weighted by molar-refractivity contribution is 5.85. The maximum absolute atomic E-state index is 11.9. The van der Waals surface area contributed by atoms with Crippen LogP contribution in [0.25, 0.3) is 0 Å². The van der Waals surface area contributed by atoms with Gasteiger partial charge in [0.1, 0.15) is 6.04 Å². The van der Waals surface area contributed by atoms with Gasteiger partial charge in [0.25, 0.3) is 0 Å². The first-order chi connectivity index (χ1) is 9.93. The highest BCUT2D eigenvalue weighted by Gasteiger charge is 2.21. The average Bonchev–Trinajstić information content (AvgIpc) is 2.45. The second-order valence-electron chi connectivity index (χ2n) is 4.52. The minimum absolute atomic E-state index is 0.00528. The molecule has 7 nitrogen and oxygen atoms in total. The number of amides is 1. The molecule has 21 heavy (non-hydrogen) atoms. The van der Waals surface area contributed by atoms with Crippen LogP contribution in [-0.2, 0) is 25.5 Å². The van der Waals surface area contributed by atoms with E-state index in [9.17, 15) is 14.4 Å². The van der Waals surface area contributed by atoms with Crippen molar-refractivity contribution in [2.24, 2.45) is 0 Å². The van der Waals surface area contributed by atoms with Crippen LogP contribution in [0.3, 0.4) is 0 Å². The molecule has 1 atom stereocenters. The van der Waals surface area contributed by atoms with Gasteiger partial charge in [-0.1, -0.05) is 6.07 Å². The van der Waals surface area contributed by atoms with Gasteiger partial charge >= 0.3 is 11.9 Å². The van der Waals surface area contributed by atoms with E-state index in [2.05, 4.69) is 15.0 Å². The van der Waals surface area contributed by atoms with Crippen molar-refractivity contribution in [1.29, 1.82) is 0 Å². The first-order valence-corrected chi connectivity index (χ1v) is 6.43. The van der Waals surface area contributed by atoms with Crippen LogP contribution in [0.1, 0.15) is 24.1 Å². The molecule has 2 N–H and O–H groups in total. The normalized spacial score (nSPS) is 11.5. The molecule has 1 aromatic heterocycles. The number of rotatable bonds is 7. The van der Waals surface area contributed by atoms with Crippen LogP contribution in [0, 0.1) is 6.92 Å². The number of nitrogens with zero attached hydrogens (tertiary/aromatic N) is 1. The summed E-state index contributed by atoms with van der Waals surface area (Å²) in [6.45, 7) is 1.82. The van der Waals surface area contributed by atoms with E-state index in [1.54, 1.807) is 12.3 Å². The van der Waals surface area contributed by atoms with Gasteiger partial charge in [-0.05, 0) is 25.0 Å². The summed E-state index contributed by atoms with van der Waals surface area (Å²) in [7, 11) is 1.22. The van der Waals surface area contributed by atoms with E-state index in [-0.39, 0.29) is 19.3 Å². The van der Waals surface area contributed by atoms with Gasteiger partial charge in [-0.15, -0.1) is 0 Å². The van der Waals surface area contributed by atoms with Gasteiger partial charge in [0.2, 0.25) is 5.91 Å². The number of methoxy groups -OCH3 is 1. The van der Waals surface area contributed by atoms with E-state index < -0.39 is 23.9 Å². The third kappa shape index (κ3) is 5.60. The molecule has 0 bridgehead atoms. The molecule has 0 aliphatic carbocycles. The number of hydrogen-bond acceptors (Lipinski definition) is 5. The fraction of sp³-hybridized carbons (Fsp3) is 0.429. The smallest absolute Gasteiger partial charge is 0.326 e. The van der Waals surface area contributed by atoms with Crippen LogP contribution in [-0.4, -0.2) is 41.1 Å². The Labute approximate surface area is 122 Å². The number of pyridine rings is 1. The van der Waals surface area contributed by atoms with Crippen LogP contribution in [0.4, 0.5) is 0 Å². The summed E-state index contributed by atoms with van der Waals surface area (Å²) in [4.78, 5) is 38.0. The van der Waals surface area contributed by atoms with Gasteiger partial charge < -0.3 is 15.2 Å². The van der Waals surface area contributed by atoms with Crippen molar-refractivity contribution in [3.05, 3.63) is 29.6 Å². The fourth-order valence-corrected chi connectivity index (χ4v) is 1.72. The maximum Gasteiger partial charge on any atom is 0.326 e. The molecular weight excluding hydrogens is 276 g/mol. The maximum atomic E-state index is 11.9. The Morgan fingerprint density at radius 3 is 2.71 bits per heavy atom. The molecule has 1 aromatic rings. The van der Waals surface area contributed by atoms with Crippen molar-refractivity contribution in [1.82, 2.24) is 10.3 Å². The number of nitrogens with one attached hydrogen (secondary N) is 1. The monoisotopic (exact) mass is 294 g/mol. The van der Waals surface area contributed by atoms with E-state index in [4.69, 9.17) is 5.11 Å². The lowest BCUT2D eigenvalue weighted by molar-refractivity contribution is -0.144. The number of carbonyl (C=O) groups is 3. The third-order valence-corrected chi connectivity index (χ3v) is 2.94. The van der Waals surface area contributed by atoms with Crippen LogP contribution < -0.4 is 5.32 Å². The summed E-state index contributed by atoms with van der Waals surface area (Å²) in [5, 5.41) is 11.4. The lowest BCUT2D eigenvalue weighted by atomic mass is 10.1. The topological polar surface area (TPSA) is 106 Å². The van der Waals surface area contributed by atoms with E-state index in [0.29, 0.717) is 5.69 Å². The molecule has 1 amide bonds. The van der Waals surface area contributed by atoms with Crippen molar-refractivity contribution < 1.29 is 24.2 Å². The highest BCUT2D eigenvalue weighted by atomic mass is 16.5. The molecule has 0 saturated carbocycles. The second-order valence-corrected chi connectivity index (χ2v) is 4.52. The second kappa shape index (κ2) is 7.98. The Balaban J connectivity index is 2.58. The van der Waals surface area contributed by atoms with Crippen LogP contribution in [0.5, 0.6) is 0 Å². The predicted octanol–water partition coefficient (Wildman–Crippen LogP) is 0.455. The molecule has 0 fully saturated rings. The van der Waals surface area contributed by atoms with E-state index in [0.717, 1.165) is 5.56 Å². The Morgan fingerprint density at radius 1 is 1.43 bits per heavy atom. The van der Waals surface area contributed by atoms with Gasteiger partial charge in [0.15, 0.2) is 0 Å². The van der Waals surface area contributed by atoms with Crippen LogP contribution in [0.15, 0.2) is 18.3 Å². The highest BCUT2D eigenvalue weighted by Crippen LogP contribution is 2.05. The Bertz CT molecular complexity index is 530. The molecular formula is C14H18N2O5. The number of carboxylic acids is 1. The molecule has 0 radical (unpaired) electrons. The number of aromatic nitrogens is 1. The number of hydrogen-bond donors (Lipinski definition) is 2. The summed E-state index contributed by atoms with van der Waals surface area (Å²) < 4.78 is 4.44. The lowest BCUT2D eigenvalue weighted by Crippen LogP contribution is -2.42. The molecule has 0 aliphatic rings. The largest absolute Gasteiger partial charge is 0.480 e. The average molecular weight is 294 g/mol. The van der Waals surface area contributed by atoms with Gasteiger partial charge in [-0.2, -0.15) is 0 Å². The summed E-state index contributed by atoms with van der Waals surface area (Å²) in [5.41, 5.74) is 1.45. The minimum Gasteiger partial charge on any atom is -0.480 e. The SMILES string of the molecule is COC(=O)CC[C@@H](NC(=O)Cc1ncccc1C)C(=O)O. The van der Waals surface area contributed by atoms with Crippen LogP contribution in [0.2, 0.25) is 0 Å². The zero-order chi connectivity index (χ0) is 15.8. The standard InChI is InChI=1S/C14H18N2O5/c1-9-4-3-7-15-11(9)8-12(17)16-10(14(19)20)5-6-13(18)21-2/h3-4,7,10H,5-6,8H2,1-2H3,(H,16,17)(H,19,20)/t10-/m1/s1. The van der Waals surface area contributed by atoms with Crippen molar-refractivity contribution in [3.8, 4) is 0 Å². The number of esters is 1. The Hall–Kier alpha value is -2.44. The number of carboxylic acid groups (broad SMARTS) is 1.